The van der Waals surface area contributed by atoms with E-state index in [0.717, 1.165) is 16.9 Å². The van der Waals surface area contributed by atoms with Crippen LogP contribution in [0.4, 0.5) is 0 Å². The van der Waals surface area contributed by atoms with Crippen LogP contribution in [0.25, 0.3) is 0 Å². The molecule has 0 heterocycles. The standard InChI is InChI=1S/C20H23NO4/c1-14(20(23)24)19(16-8-4-3-5-9-16)21-18(22)12-11-15-7-6-10-17(13-15)25-2/h3-10,13-14,19H,11-12H2,1-2H3,(H,21,22)(H,23,24). The summed E-state index contributed by atoms with van der Waals surface area (Å²) < 4.78 is 5.18. The molecule has 2 unspecified atom stereocenters. The second-order valence-electron chi connectivity index (χ2n) is 5.93. The highest BCUT2D eigenvalue weighted by Crippen LogP contribution is 2.22. The average Bonchev–Trinajstić information content (AvgIpc) is 2.64. The Hall–Kier alpha value is -2.82. The zero-order valence-corrected chi connectivity index (χ0v) is 14.4. The number of carboxylic acids is 1. The number of aryl methyl sites for hydroxylation is 1. The molecule has 0 saturated heterocycles. The molecule has 0 aliphatic heterocycles. The van der Waals surface area contributed by atoms with E-state index in [2.05, 4.69) is 5.32 Å². The molecule has 0 aliphatic carbocycles. The number of carboxylic acid groups (broad SMARTS) is 1. The Kier molecular flexibility index (Phi) is 6.57. The van der Waals surface area contributed by atoms with Crippen molar-refractivity contribution in [1.82, 2.24) is 5.32 Å². The maximum Gasteiger partial charge on any atom is 0.308 e. The van der Waals surface area contributed by atoms with E-state index < -0.39 is 17.9 Å². The molecule has 0 aromatic heterocycles. The van der Waals surface area contributed by atoms with E-state index in [4.69, 9.17) is 4.74 Å². The lowest BCUT2D eigenvalue weighted by Gasteiger charge is -2.23. The number of hydrogen-bond acceptors (Lipinski definition) is 3. The van der Waals surface area contributed by atoms with E-state index in [1.165, 1.54) is 0 Å². The molecule has 25 heavy (non-hydrogen) atoms. The number of ether oxygens (including phenoxy) is 1. The molecule has 0 radical (unpaired) electrons. The van der Waals surface area contributed by atoms with Gasteiger partial charge < -0.3 is 15.2 Å². The SMILES string of the molecule is COc1cccc(CCC(=O)NC(c2ccccc2)C(C)C(=O)O)c1. The van der Waals surface area contributed by atoms with Crippen molar-refractivity contribution in [3.8, 4) is 5.75 Å². The van der Waals surface area contributed by atoms with Crippen molar-refractivity contribution < 1.29 is 19.4 Å². The van der Waals surface area contributed by atoms with Gasteiger partial charge in [0.15, 0.2) is 0 Å². The average molecular weight is 341 g/mol. The van der Waals surface area contributed by atoms with E-state index in [1.54, 1.807) is 14.0 Å². The van der Waals surface area contributed by atoms with E-state index in [-0.39, 0.29) is 12.3 Å². The molecule has 2 atom stereocenters. The Morgan fingerprint density at radius 1 is 1.12 bits per heavy atom. The summed E-state index contributed by atoms with van der Waals surface area (Å²) in [4.78, 5) is 23.7. The Morgan fingerprint density at radius 3 is 2.48 bits per heavy atom. The number of rotatable bonds is 8. The summed E-state index contributed by atoms with van der Waals surface area (Å²) >= 11 is 0. The third kappa shape index (κ3) is 5.35. The van der Waals surface area contributed by atoms with Crippen molar-refractivity contribution >= 4 is 11.9 Å². The van der Waals surface area contributed by atoms with Crippen LogP contribution < -0.4 is 10.1 Å². The van der Waals surface area contributed by atoms with Gasteiger partial charge in [-0.1, -0.05) is 42.5 Å². The molecule has 132 valence electrons. The van der Waals surface area contributed by atoms with Crippen molar-refractivity contribution in [3.05, 3.63) is 65.7 Å². The van der Waals surface area contributed by atoms with Crippen LogP contribution >= 0.6 is 0 Å². The topological polar surface area (TPSA) is 75.6 Å². The smallest absolute Gasteiger partial charge is 0.308 e. The maximum absolute atomic E-state index is 12.3. The lowest BCUT2D eigenvalue weighted by atomic mass is 9.94. The summed E-state index contributed by atoms with van der Waals surface area (Å²) in [6, 6.07) is 16.2. The van der Waals surface area contributed by atoms with Crippen LogP contribution in [0.2, 0.25) is 0 Å². The summed E-state index contributed by atoms with van der Waals surface area (Å²) in [5.41, 5.74) is 1.78. The van der Waals surface area contributed by atoms with Gasteiger partial charge in [-0.25, -0.2) is 0 Å². The molecule has 5 heteroatoms. The molecule has 0 saturated carbocycles. The molecular formula is C20H23NO4. The van der Waals surface area contributed by atoms with E-state index in [1.807, 2.05) is 54.6 Å². The number of hydrogen-bond donors (Lipinski definition) is 2. The number of nitrogens with one attached hydrogen (secondary N) is 1. The molecule has 2 aromatic rings. The van der Waals surface area contributed by atoms with Gasteiger partial charge in [-0.3, -0.25) is 9.59 Å². The number of carbonyl (C=O) groups excluding carboxylic acids is 1. The van der Waals surface area contributed by atoms with Crippen LogP contribution in [0.3, 0.4) is 0 Å². The largest absolute Gasteiger partial charge is 0.497 e. The minimum absolute atomic E-state index is 0.176. The van der Waals surface area contributed by atoms with Gasteiger partial charge in [0.25, 0.3) is 0 Å². The summed E-state index contributed by atoms with van der Waals surface area (Å²) in [7, 11) is 1.60. The minimum atomic E-state index is -0.943. The zero-order chi connectivity index (χ0) is 18.2. The van der Waals surface area contributed by atoms with Gasteiger partial charge in [-0.2, -0.15) is 0 Å². The fraction of sp³-hybridized carbons (Fsp3) is 0.300. The van der Waals surface area contributed by atoms with Gasteiger partial charge in [0.2, 0.25) is 5.91 Å². The molecular weight excluding hydrogens is 318 g/mol. The molecule has 1 amide bonds. The first-order valence-corrected chi connectivity index (χ1v) is 8.21. The van der Waals surface area contributed by atoms with Crippen molar-refractivity contribution in [2.75, 3.05) is 7.11 Å². The monoisotopic (exact) mass is 341 g/mol. The Bertz CT molecular complexity index is 715. The molecule has 2 N–H and O–H groups in total. The van der Waals surface area contributed by atoms with Gasteiger partial charge in [-0.15, -0.1) is 0 Å². The number of aliphatic carboxylic acids is 1. The molecule has 0 aliphatic rings. The van der Waals surface area contributed by atoms with Crippen LogP contribution in [0.5, 0.6) is 5.75 Å². The van der Waals surface area contributed by atoms with E-state index in [0.29, 0.717) is 6.42 Å². The first-order chi connectivity index (χ1) is 12.0. The number of methoxy groups -OCH3 is 1. The van der Waals surface area contributed by atoms with Crippen molar-refractivity contribution in [2.24, 2.45) is 5.92 Å². The van der Waals surface area contributed by atoms with Gasteiger partial charge in [0, 0.05) is 6.42 Å². The number of benzene rings is 2. The van der Waals surface area contributed by atoms with Crippen LogP contribution in [-0.2, 0) is 16.0 Å². The van der Waals surface area contributed by atoms with Crippen LogP contribution in [0, 0.1) is 5.92 Å². The second kappa shape index (κ2) is 8.87. The van der Waals surface area contributed by atoms with Crippen LogP contribution in [0.1, 0.15) is 30.5 Å². The highest BCUT2D eigenvalue weighted by molar-refractivity contribution is 5.78. The molecule has 5 nitrogen and oxygen atoms in total. The van der Waals surface area contributed by atoms with E-state index in [9.17, 15) is 14.7 Å². The first kappa shape index (κ1) is 18.5. The fourth-order valence-corrected chi connectivity index (χ4v) is 2.63. The predicted octanol–water partition coefficient (Wildman–Crippen LogP) is 3.21. The lowest BCUT2D eigenvalue weighted by molar-refractivity contribution is -0.142. The molecule has 0 bridgehead atoms. The first-order valence-electron chi connectivity index (χ1n) is 8.21. The summed E-state index contributed by atoms with van der Waals surface area (Å²) in [6.45, 7) is 1.60. The summed E-state index contributed by atoms with van der Waals surface area (Å²) in [5, 5.41) is 12.2. The Labute approximate surface area is 147 Å². The second-order valence-corrected chi connectivity index (χ2v) is 5.93. The highest BCUT2D eigenvalue weighted by atomic mass is 16.5. The summed E-state index contributed by atoms with van der Waals surface area (Å²) in [5.74, 6) is -1.09. The normalized spacial score (nSPS) is 12.9. The Morgan fingerprint density at radius 2 is 1.84 bits per heavy atom. The van der Waals surface area contributed by atoms with Crippen molar-refractivity contribution in [3.63, 3.8) is 0 Å². The number of carbonyl (C=O) groups is 2. The van der Waals surface area contributed by atoms with E-state index >= 15 is 0 Å². The van der Waals surface area contributed by atoms with Gasteiger partial charge in [-0.05, 0) is 36.6 Å². The number of amides is 1. The van der Waals surface area contributed by atoms with Crippen molar-refractivity contribution in [2.45, 2.75) is 25.8 Å². The third-order valence-corrected chi connectivity index (χ3v) is 4.14. The fourth-order valence-electron chi connectivity index (χ4n) is 2.63. The quantitative estimate of drug-likeness (QED) is 0.773. The molecule has 0 fully saturated rings. The minimum Gasteiger partial charge on any atom is -0.497 e. The predicted molar refractivity (Wildman–Crippen MR) is 95.4 cm³/mol. The van der Waals surface area contributed by atoms with Gasteiger partial charge in [0.05, 0.1) is 19.1 Å². The summed E-state index contributed by atoms with van der Waals surface area (Å²) in [6.07, 6.45) is 0.842. The maximum atomic E-state index is 12.3. The highest BCUT2D eigenvalue weighted by Gasteiger charge is 2.26. The lowest BCUT2D eigenvalue weighted by Crippen LogP contribution is -2.35. The van der Waals surface area contributed by atoms with Crippen molar-refractivity contribution in [1.29, 1.82) is 0 Å². The molecule has 0 spiro atoms. The molecule has 2 aromatic carbocycles. The third-order valence-electron chi connectivity index (χ3n) is 4.14. The Balaban J connectivity index is 2.02. The molecule has 2 rings (SSSR count). The van der Waals surface area contributed by atoms with Crippen LogP contribution in [0.15, 0.2) is 54.6 Å². The zero-order valence-electron chi connectivity index (χ0n) is 14.4. The van der Waals surface area contributed by atoms with Gasteiger partial charge in [0.1, 0.15) is 5.75 Å². The van der Waals surface area contributed by atoms with Crippen LogP contribution in [-0.4, -0.2) is 24.1 Å². The van der Waals surface area contributed by atoms with Gasteiger partial charge >= 0.3 is 5.97 Å².